The van der Waals surface area contributed by atoms with Crippen molar-refractivity contribution in [1.82, 2.24) is 4.90 Å². The zero-order chi connectivity index (χ0) is 21.2. The van der Waals surface area contributed by atoms with Gasteiger partial charge in [-0.15, -0.1) is 0 Å². The Morgan fingerprint density at radius 2 is 1.35 bits per heavy atom. The molecule has 2 nitrogen and oxygen atoms in total. The largest absolute Gasteiger partial charge is 0.297 e. The fourth-order valence-electron chi connectivity index (χ4n) is 5.40. The van der Waals surface area contributed by atoms with Crippen molar-refractivity contribution in [3.05, 3.63) is 107 Å². The van der Waals surface area contributed by atoms with Crippen LogP contribution in [0.1, 0.15) is 35.4 Å². The maximum absolute atomic E-state index is 13.7. The molecule has 0 N–H and O–H groups in total. The van der Waals surface area contributed by atoms with Crippen LogP contribution in [0, 0.1) is 17.6 Å². The molecule has 0 saturated carbocycles. The van der Waals surface area contributed by atoms with Gasteiger partial charge in [0, 0.05) is 24.2 Å². The van der Waals surface area contributed by atoms with Gasteiger partial charge in [0.05, 0.1) is 6.04 Å². The molecule has 3 aromatic rings. The normalized spacial score (nSPS) is 25.4. The van der Waals surface area contributed by atoms with Crippen LogP contribution in [-0.4, -0.2) is 36.3 Å². The molecule has 31 heavy (non-hydrogen) atoms. The molecule has 3 heterocycles. The summed E-state index contributed by atoms with van der Waals surface area (Å²) in [7, 11) is 0. The van der Waals surface area contributed by atoms with E-state index in [1.165, 1.54) is 23.3 Å². The van der Waals surface area contributed by atoms with Crippen molar-refractivity contribution in [3.63, 3.8) is 0 Å². The van der Waals surface area contributed by atoms with E-state index in [1.54, 1.807) is 6.21 Å². The van der Waals surface area contributed by atoms with Crippen LogP contribution in [0.15, 0.2) is 83.9 Å². The van der Waals surface area contributed by atoms with Crippen LogP contribution in [-0.2, 0) is 0 Å². The predicted molar refractivity (Wildman–Crippen MR) is 121 cm³/mol. The van der Waals surface area contributed by atoms with E-state index in [1.807, 2.05) is 12.1 Å². The number of nitrogens with zero attached hydrogens (tertiary/aromatic N) is 2. The highest BCUT2D eigenvalue weighted by Crippen LogP contribution is 2.43. The summed E-state index contributed by atoms with van der Waals surface area (Å²) in [5.41, 5.74) is 3.04. The molecule has 2 unspecified atom stereocenters. The fourth-order valence-corrected chi connectivity index (χ4v) is 5.40. The first-order valence-corrected chi connectivity index (χ1v) is 11.0. The van der Waals surface area contributed by atoms with E-state index in [0.717, 1.165) is 32.0 Å². The molecule has 3 aliphatic rings. The molecule has 0 aromatic heterocycles. The van der Waals surface area contributed by atoms with Crippen LogP contribution in [0.3, 0.4) is 0 Å². The van der Waals surface area contributed by atoms with E-state index in [-0.39, 0.29) is 18.0 Å². The summed E-state index contributed by atoms with van der Waals surface area (Å²) in [6.07, 6.45) is 3.90. The number of piperidine rings is 3. The predicted octanol–water partition coefficient (Wildman–Crippen LogP) is 5.68. The summed E-state index contributed by atoms with van der Waals surface area (Å²) in [4.78, 5) is 7.54. The van der Waals surface area contributed by atoms with Crippen molar-refractivity contribution >= 4 is 6.21 Å². The Labute approximate surface area is 182 Å². The lowest BCUT2D eigenvalue weighted by Crippen LogP contribution is -2.59. The Hall–Kier alpha value is -2.85. The van der Waals surface area contributed by atoms with Crippen LogP contribution in [0.4, 0.5) is 8.78 Å². The zero-order valence-corrected chi connectivity index (χ0v) is 17.4. The Balaban J connectivity index is 1.55. The van der Waals surface area contributed by atoms with E-state index in [9.17, 15) is 8.78 Å². The van der Waals surface area contributed by atoms with Crippen molar-refractivity contribution in [2.24, 2.45) is 10.9 Å². The first kappa shape index (κ1) is 20.1. The van der Waals surface area contributed by atoms with Gasteiger partial charge < -0.3 is 0 Å². The lowest BCUT2D eigenvalue weighted by Gasteiger charge is -2.52. The van der Waals surface area contributed by atoms with Gasteiger partial charge in [-0.05, 0) is 60.7 Å². The number of benzene rings is 3. The minimum absolute atomic E-state index is 0.0826. The van der Waals surface area contributed by atoms with Crippen LogP contribution >= 0.6 is 0 Å². The minimum atomic E-state index is -0.571. The second kappa shape index (κ2) is 8.72. The Kier molecular flexibility index (Phi) is 5.65. The summed E-state index contributed by atoms with van der Waals surface area (Å²) >= 11 is 0. The second-order valence-corrected chi connectivity index (χ2v) is 8.63. The van der Waals surface area contributed by atoms with E-state index >= 15 is 0 Å². The lowest BCUT2D eigenvalue weighted by atomic mass is 9.71. The smallest absolute Gasteiger partial charge is 0.126 e. The van der Waals surface area contributed by atoms with Gasteiger partial charge in [0.2, 0.25) is 0 Å². The summed E-state index contributed by atoms with van der Waals surface area (Å²) in [5.74, 6) is -0.465. The first-order valence-electron chi connectivity index (χ1n) is 11.0. The van der Waals surface area contributed by atoms with Gasteiger partial charge in [-0.25, -0.2) is 8.78 Å². The van der Waals surface area contributed by atoms with E-state index < -0.39 is 11.6 Å². The van der Waals surface area contributed by atoms with E-state index in [2.05, 4.69) is 53.4 Å². The number of hydrogen-bond donors (Lipinski definition) is 0. The molecule has 3 fully saturated rings. The number of aliphatic imine (C=N–C) groups is 1. The monoisotopic (exact) mass is 416 g/mol. The van der Waals surface area contributed by atoms with Crippen molar-refractivity contribution in [3.8, 4) is 0 Å². The number of hydrogen-bond acceptors (Lipinski definition) is 2. The zero-order valence-electron chi connectivity index (χ0n) is 17.4. The molecule has 2 bridgehead atoms. The molecular weight excluding hydrogens is 390 g/mol. The first-order chi connectivity index (χ1) is 15.2. The fraction of sp³-hybridized carbons (Fsp3) is 0.296. The molecular formula is C27H26F2N2. The molecule has 2 atom stereocenters. The van der Waals surface area contributed by atoms with E-state index in [0.29, 0.717) is 11.5 Å². The third-order valence-electron chi connectivity index (χ3n) is 6.77. The highest BCUT2D eigenvalue weighted by atomic mass is 19.1. The highest BCUT2D eigenvalue weighted by Gasteiger charge is 2.46. The van der Waals surface area contributed by atoms with Crippen molar-refractivity contribution in [1.29, 1.82) is 0 Å². The van der Waals surface area contributed by atoms with E-state index in [4.69, 9.17) is 4.99 Å². The van der Waals surface area contributed by atoms with Crippen LogP contribution in [0.2, 0.25) is 0 Å². The summed E-state index contributed by atoms with van der Waals surface area (Å²) < 4.78 is 27.4. The van der Waals surface area contributed by atoms with Crippen LogP contribution in [0.25, 0.3) is 0 Å². The van der Waals surface area contributed by atoms with Crippen molar-refractivity contribution in [2.75, 3.05) is 13.1 Å². The average molecular weight is 417 g/mol. The van der Waals surface area contributed by atoms with Gasteiger partial charge in [0.25, 0.3) is 0 Å². The topological polar surface area (TPSA) is 15.6 Å². The molecule has 0 amide bonds. The molecule has 158 valence electrons. The standard InChI is InChI=1S/C27H26F2N2/c28-23-15-19(16-24(29)17-23)18-30-26-22-11-13-31(14-12-22)27(26)25(20-7-3-1-4-8-20)21-9-5-2-6-10-21/h1-10,15-18,22,25-27H,11-14H2. The summed E-state index contributed by atoms with van der Waals surface area (Å²) in [6.45, 7) is 2.15. The van der Waals surface area contributed by atoms with Gasteiger partial charge >= 0.3 is 0 Å². The molecule has 6 rings (SSSR count). The van der Waals surface area contributed by atoms with Gasteiger partial charge in [0.15, 0.2) is 0 Å². The molecule has 0 aliphatic carbocycles. The molecule has 3 saturated heterocycles. The third kappa shape index (κ3) is 4.17. The maximum Gasteiger partial charge on any atom is 0.126 e. The Bertz CT molecular complexity index is 984. The third-order valence-corrected chi connectivity index (χ3v) is 6.77. The Morgan fingerprint density at radius 1 is 0.806 bits per heavy atom. The molecule has 3 aromatic carbocycles. The van der Waals surface area contributed by atoms with Crippen molar-refractivity contribution in [2.45, 2.75) is 30.8 Å². The molecule has 0 radical (unpaired) electrons. The van der Waals surface area contributed by atoms with Gasteiger partial charge in [-0.3, -0.25) is 9.89 Å². The van der Waals surface area contributed by atoms with Gasteiger partial charge in [-0.2, -0.15) is 0 Å². The number of halogens is 2. The number of fused-ring (bicyclic) bond motifs is 3. The van der Waals surface area contributed by atoms with Gasteiger partial charge in [-0.1, -0.05) is 60.7 Å². The van der Waals surface area contributed by atoms with Crippen LogP contribution in [0.5, 0.6) is 0 Å². The van der Waals surface area contributed by atoms with Crippen LogP contribution < -0.4 is 0 Å². The maximum atomic E-state index is 13.7. The molecule has 3 aliphatic heterocycles. The highest BCUT2D eigenvalue weighted by molar-refractivity contribution is 5.79. The second-order valence-electron chi connectivity index (χ2n) is 8.63. The average Bonchev–Trinajstić information content (AvgIpc) is 2.80. The van der Waals surface area contributed by atoms with Crippen molar-refractivity contribution < 1.29 is 8.78 Å². The summed E-state index contributed by atoms with van der Waals surface area (Å²) in [6, 6.07) is 25.1. The minimum Gasteiger partial charge on any atom is -0.297 e. The Morgan fingerprint density at radius 3 is 1.90 bits per heavy atom. The molecule has 4 heteroatoms. The SMILES string of the molecule is Fc1cc(F)cc(C=NC2C3CCN(CC3)C2C(c2ccccc2)c2ccccc2)c1. The quantitative estimate of drug-likeness (QED) is 0.489. The number of rotatable bonds is 5. The molecule has 0 spiro atoms. The lowest BCUT2D eigenvalue weighted by molar-refractivity contribution is 0.0215. The van der Waals surface area contributed by atoms with Gasteiger partial charge in [0.1, 0.15) is 11.6 Å². The summed E-state index contributed by atoms with van der Waals surface area (Å²) in [5, 5.41) is 0.